The van der Waals surface area contributed by atoms with Crippen LogP contribution in [0.25, 0.3) is 0 Å². The molecule has 2 aliphatic heterocycles. The number of nitrogens with zero attached hydrogens (tertiary/aromatic N) is 1. The lowest BCUT2D eigenvalue weighted by atomic mass is 9.74. The quantitative estimate of drug-likeness (QED) is 0.851. The second kappa shape index (κ2) is 7.31. The number of fused-ring (bicyclic) bond motifs is 1. The zero-order valence-corrected chi connectivity index (χ0v) is 15.8. The number of carbonyl (C=O) groups excluding carboxylic acids is 2. The van der Waals surface area contributed by atoms with E-state index >= 15 is 0 Å². The molecule has 0 radical (unpaired) electrons. The van der Waals surface area contributed by atoms with Crippen LogP contribution in [-0.2, 0) is 20.7 Å². The Balaban J connectivity index is 1.33. The van der Waals surface area contributed by atoms with Crippen molar-refractivity contribution < 1.29 is 27.8 Å². The molecule has 2 fully saturated rings. The highest BCUT2D eigenvalue weighted by Crippen LogP contribution is 2.41. The molecule has 0 bridgehead atoms. The van der Waals surface area contributed by atoms with Crippen LogP contribution in [0.5, 0.6) is 5.75 Å². The minimum atomic E-state index is -0.732. The van der Waals surface area contributed by atoms with Crippen molar-refractivity contribution in [3.05, 3.63) is 29.3 Å². The average molecular weight is 394 g/mol. The number of hydrogen-bond acceptors (Lipinski definition) is 4. The number of ether oxygens (including phenoxy) is 2. The molecule has 1 spiro atoms. The van der Waals surface area contributed by atoms with Gasteiger partial charge >= 0.3 is 0 Å². The van der Waals surface area contributed by atoms with Gasteiger partial charge in [-0.05, 0) is 31.7 Å². The number of nitrogens with one attached hydrogen (secondary N) is 1. The van der Waals surface area contributed by atoms with Gasteiger partial charge < -0.3 is 19.7 Å². The fraction of sp³-hybridized carbons (Fsp3) is 0.600. The molecule has 1 saturated carbocycles. The normalized spacial score (nSPS) is 25.5. The van der Waals surface area contributed by atoms with Crippen molar-refractivity contribution in [1.82, 2.24) is 10.2 Å². The van der Waals surface area contributed by atoms with E-state index in [1.807, 2.05) is 4.90 Å². The summed E-state index contributed by atoms with van der Waals surface area (Å²) < 4.78 is 38.4. The molecule has 152 valence electrons. The summed E-state index contributed by atoms with van der Waals surface area (Å²) in [7, 11) is 0. The summed E-state index contributed by atoms with van der Waals surface area (Å²) in [5.74, 6) is -1.58. The zero-order valence-electron chi connectivity index (χ0n) is 15.8. The Bertz CT molecular complexity index is 797. The smallest absolute Gasteiger partial charge is 0.223 e. The fourth-order valence-electron chi connectivity index (χ4n) is 4.41. The molecule has 1 N–H and O–H groups in total. The van der Waals surface area contributed by atoms with E-state index in [9.17, 15) is 18.4 Å². The third kappa shape index (κ3) is 3.57. The summed E-state index contributed by atoms with van der Waals surface area (Å²) in [6, 6.07) is 1.64. The molecular weight excluding hydrogens is 370 g/mol. The summed E-state index contributed by atoms with van der Waals surface area (Å²) >= 11 is 0. The Morgan fingerprint density at radius 2 is 2.11 bits per heavy atom. The standard InChI is InChI=1S/C20H24F2N2O4/c1-12(25)24-9-16(28-11-20(24)3-2-4-20)8-18(26)23-15-6-13-5-14(21)7-17(22)19(13)27-10-15/h5,7,15-16H,2-4,6,8-11H2,1H3,(H,23,26). The SMILES string of the molecule is CC(=O)N1CC(CC(=O)NC2COc3c(F)cc(F)cc3C2)OCC12CCC2. The van der Waals surface area contributed by atoms with Gasteiger partial charge in [-0.2, -0.15) is 0 Å². The second-order valence-electron chi connectivity index (χ2n) is 8.00. The summed E-state index contributed by atoms with van der Waals surface area (Å²) in [6.07, 6.45) is 3.03. The van der Waals surface area contributed by atoms with E-state index in [-0.39, 0.29) is 48.3 Å². The number of rotatable bonds is 3. The molecule has 1 aromatic carbocycles. The Hall–Kier alpha value is -2.22. The first-order valence-corrected chi connectivity index (χ1v) is 9.66. The van der Waals surface area contributed by atoms with E-state index in [1.165, 1.54) is 6.07 Å². The van der Waals surface area contributed by atoms with Crippen LogP contribution in [0.4, 0.5) is 8.78 Å². The van der Waals surface area contributed by atoms with Crippen molar-refractivity contribution in [3.8, 4) is 5.75 Å². The van der Waals surface area contributed by atoms with Crippen molar-refractivity contribution in [2.75, 3.05) is 19.8 Å². The summed E-state index contributed by atoms with van der Waals surface area (Å²) in [5, 5.41) is 2.85. The predicted octanol–water partition coefficient (Wildman–Crippen LogP) is 1.94. The van der Waals surface area contributed by atoms with E-state index in [4.69, 9.17) is 9.47 Å². The molecule has 1 saturated heterocycles. The van der Waals surface area contributed by atoms with Crippen LogP contribution in [0.1, 0.15) is 38.2 Å². The summed E-state index contributed by atoms with van der Waals surface area (Å²) in [6.45, 7) is 2.54. The molecule has 2 amide bonds. The first-order valence-electron chi connectivity index (χ1n) is 9.66. The Morgan fingerprint density at radius 1 is 1.32 bits per heavy atom. The number of halogens is 2. The third-order valence-electron chi connectivity index (χ3n) is 5.97. The third-order valence-corrected chi connectivity index (χ3v) is 5.97. The molecule has 2 unspecified atom stereocenters. The van der Waals surface area contributed by atoms with Crippen LogP contribution in [0.3, 0.4) is 0 Å². The number of benzene rings is 1. The van der Waals surface area contributed by atoms with Gasteiger partial charge in [-0.3, -0.25) is 9.59 Å². The van der Waals surface area contributed by atoms with Crippen LogP contribution in [0.2, 0.25) is 0 Å². The highest BCUT2D eigenvalue weighted by Gasteiger charge is 2.48. The lowest BCUT2D eigenvalue weighted by Gasteiger charge is -2.54. The topological polar surface area (TPSA) is 67.9 Å². The van der Waals surface area contributed by atoms with Crippen LogP contribution >= 0.6 is 0 Å². The van der Waals surface area contributed by atoms with E-state index in [0.717, 1.165) is 25.3 Å². The van der Waals surface area contributed by atoms with Crippen molar-refractivity contribution in [1.29, 1.82) is 0 Å². The largest absolute Gasteiger partial charge is 0.488 e. The maximum Gasteiger partial charge on any atom is 0.223 e. The Morgan fingerprint density at radius 3 is 2.79 bits per heavy atom. The minimum Gasteiger partial charge on any atom is -0.488 e. The average Bonchev–Trinajstić information content (AvgIpc) is 2.59. The van der Waals surface area contributed by atoms with E-state index < -0.39 is 11.6 Å². The van der Waals surface area contributed by atoms with Gasteiger partial charge in [0, 0.05) is 25.1 Å². The van der Waals surface area contributed by atoms with Gasteiger partial charge in [0.05, 0.1) is 30.7 Å². The molecule has 4 rings (SSSR count). The number of carbonyl (C=O) groups is 2. The minimum absolute atomic E-state index is 0.00903. The van der Waals surface area contributed by atoms with Crippen molar-refractivity contribution in [2.45, 2.75) is 56.7 Å². The number of morpholine rings is 1. The van der Waals surface area contributed by atoms with Gasteiger partial charge in [-0.25, -0.2) is 8.78 Å². The van der Waals surface area contributed by atoms with Crippen molar-refractivity contribution in [3.63, 3.8) is 0 Å². The molecular formula is C20H24F2N2O4. The van der Waals surface area contributed by atoms with Crippen molar-refractivity contribution in [2.24, 2.45) is 0 Å². The fourth-order valence-corrected chi connectivity index (χ4v) is 4.41. The lowest BCUT2D eigenvalue weighted by molar-refractivity contribution is -0.171. The van der Waals surface area contributed by atoms with Crippen LogP contribution in [0, 0.1) is 11.6 Å². The number of amides is 2. The zero-order chi connectivity index (χ0) is 19.9. The predicted molar refractivity (Wildman–Crippen MR) is 95.8 cm³/mol. The van der Waals surface area contributed by atoms with Gasteiger partial charge in [-0.15, -0.1) is 0 Å². The maximum atomic E-state index is 13.7. The molecule has 1 aliphatic carbocycles. The Labute approximate surface area is 162 Å². The monoisotopic (exact) mass is 394 g/mol. The van der Waals surface area contributed by atoms with E-state index in [0.29, 0.717) is 25.1 Å². The number of hydrogen-bond donors (Lipinski definition) is 1. The molecule has 6 nitrogen and oxygen atoms in total. The van der Waals surface area contributed by atoms with E-state index in [1.54, 1.807) is 6.92 Å². The molecule has 0 aromatic heterocycles. The molecule has 2 atom stereocenters. The van der Waals surface area contributed by atoms with Crippen LogP contribution in [-0.4, -0.2) is 54.2 Å². The van der Waals surface area contributed by atoms with Gasteiger partial charge in [0.2, 0.25) is 11.8 Å². The first-order chi connectivity index (χ1) is 13.4. The molecule has 3 aliphatic rings. The van der Waals surface area contributed by atoms with Gasteiger partial charge in [0.1, 0.15) is 12.4 Å². The van der Waals surface area contributed by atoms with Crippen molar-refractivity contribution >= 4 is 11.8 Å². The highest BCUT2D eigenvalue weighted by molar-refractivity contribution is 5.78. The second-order valence-corrected chi connectivity index (χ2v) is 8.00. The Kier molecular flexibility index (Phi) is 4.99. The van der Waals surface area contributed by atoms with Gasteiger partial charge in [-0.1, -0.05) is 0 Å². The summed E-state index contributed by atoms with van der Waals surface area (Å²) in [4.78, 5) is 26.3. The van der Waals surface area contributed by atoms with Crippen LogP contribution < -0.4 is 10.1 Å². The summed E-state index contributed by atoms with van der Waals surface area (Å²) in [5.41, 5.74) is 0.214. The first kappa shape index (κ1) is 19.1. The lowest BCUT2D eigenvalue weighted by Crippen LogP contribution is -2.64. The molecule has 8 heteroatoms. The molecule has 2 heterocycles. The van der Waals surface area contributed by atoms with Gasteiger partial charge in [0.25, 0.3) is 0 Å². The molecule has 1 aromatic rings. The molecule has 28 heavy (non-hydrogen) atoms. The van der Waals surface area contributed by atoms with Crippen LogP contribution in [0.15, 0.2) is 12.1 Å². The van der Waals surface area contributed by atoms with E-state index in [2.05, 4.69) is 5.32 Å². The maximum absolute atomic E-state index is 13.7. The van der Waals surface area contributed by atoms with Gasteiger partial charge in [0.15, 0.2) is 11.6 Å². The highest BCUT2D eigenvalue weighted by atomic mass is 19.1.